The van der Waals surface area contributed by atoms with Gasteiger partial charge in [-0.1, -0.05) is 54.6 Å². The third-order valence-electron chi connectivity index (χ3n) is 5.31. The molecule has 1 unspecified atom stereocenters. The van der Waals surface area contributed by atoms with Gasteiger partial charge in [-0.2, -0.15) is 0 Å². The molecule has 0 saturated heterocycles. The molecule has 2 heterocycles. The standard InChI is InChI=1S/C24H18FN3O/c1-15-21(23(29)16-8-3-2-4-9-16)22(17-10-7-11-18(25)14-17)27-24-26-19-12-5-6-13-20(19)28(15)24/h2-14,22H,1H3,(H,26,27). The van der Waals surface area contributed by atoms with E-state index in [1.54, 1.807) is 18.2 Å². The van der Waals surface area contributed by atoms with Gasteiger partial charge in [0.05, 0.1) is 17.1 Å². The number of anilines is 1. The van der Waals surface area contributed by atoms with E-state index in [1.807, 2.05) is 60.0 Å². The molecule has 142 valence electrons. The third kappa shape index (κ3) is 2.83. The van der Waals surface area contributed by atoms with Crippen molar-refractivity contribution in [2.75, 3.05) is 5.32 Å². The SMILES string of the molecule is CC1=C(C(=O)c2ccccc2)C(c2cccc(F)c2)Nc2nc3ccccc3n21. The molecule has 1 aliphatic heterocycles. The number of ketones is 1. The zero-order valence-electron chi connectivity index (χ0n) is 15.8. The van der Waals surface area contributed by atoms with Gasteiger partial charge in [0.15, 0.2) is 5.78 Å². The highest BCUT2D eigenvalue weighted by atomic mass is 19.1. The van der Waals surface area contributed by atoms with E-state index < -0.39 is 6.04 Å². The number of Topliss-reactive ketones (excluding diaryl/α,β-unsaturated/α-hetero) is 1. The molecule has 3 aromatic carbocycles. The van der Waals surface area contributed by atoms with Crippen LogP contribution in [0, 0.1) is 5.82 Å². The average Bonchev–Trinajstić information content (AvgIpc) is 3.12. The van der Waals surface area contributed by atoms with Gasteiger partial charge in [0.25, 0.3) is 0 Å². The summed E-state index contributed by atoms with van der Waals surface area (Å²) in [4.78, 5) is 18.2. The van der Waals surface area contributed by atoms with Crippen LogP contribution in [0.15, 0.2) is 84.4 Å². The summed E-state index contributed by atoms with van der Waals surface area (Å²) in [6.45, 7) is 1.92. The highest BCUT2D eigenvalue weighted by Gasteiger charge is 2.33. The molecule has 1 atom stereocenters. The van der Waals surface area contributed by atoms with Crippen LogP contribution in [0.2, 0.25) is 0 Å². The smallest absolute Gasteiger partial charge is 0.209 e. The Balaban J connectivity index is 1.76. The maximum atomic E-state index is 14.0. The number of carbonyl (C=O) groups excluding carboxylic acids is 1. The molecule has 4 nitrogen and oxygen atoms in total. The molecule has 1 aromatic heterocycles. The monoisotopic (exact) mass is 383 g/mol. The van der Waals surface area contributed by atoms with Crippen molar-refractivity contribution in [2.24, 2.45) is 0 Å². The second-order valence-electron chi connectivity index (χ2n) is 7.09. The van der Waals surface area contributed by atoms with Crippen molar-refractivity contribution in [3.8, 4) is 0 Å². The summed E-state index contributed by atoms with van der Waals surface area (Å²) in [5.41, 5.74) is 4.40. The van der Waals surface area contributed by atoms with E-state index in [2.05, 4.69) is 10.3 Å². The number of fused-ring (bicyclic) bond motifs is 3. The van der Waals surface area contributed by atoms with Crippen molar-refractivity contribution in [2.45, 2.75) is 13.0 Å². The molecule has 0 aliphatic carbocycles. The minimum Gasteiger partial charge on any atom is -0.344 e. The van der Waals surface area contributed by atoms with Crippen LogP contribution in [0.4, 0.5) is 10.3 Å². The summed E-state index contributed by atoms with van der Waals surface area (Å²) in [5.74, 6) is 0.211. The van der Waals surface area contributed by atoms with Gasteiger partial charge < -0.3 is 5.32 Å². The zero-order valence-corrected chi connectivity index (χ0v) is 15.8. The Bertz CT molecular complexity index is 1270. The number of benzene rings is 3. The first-order valence-corrected chi connectivity index (χ1v) is 9.44. The highest BCUT2D eigenvalue weighted by molar-refractivity contribution is 6.14. The molecule has 4 aromatic rings. The molecular formula is C24H18FN3O. The van der Waals surface area contributed by atoms with Gasteiger partial charge in [0.1, 0.15) is 5.82 Å². The summed E-state index contributed by atoms with van der Waals surface area (Å²) in [5, 5.41) is 3.37. The molecule has 1 aliphatic rings. The molecule has 0 fully saturated rings. The normalized spacial score (nSPS) is 15.9. The maximum Gasteiger partial charge on any atom is 0.209 e. The number of nitrogens with zero attached hydrogens (tertiary/aromatic N) is 2. The van der Waals surface area contributed by atoms with Gasteiger partial charge in [-0.15, -0.1) is 0 Å². The van der Waals surface area contributed by atoms with E-state index in [0.717, 1.165) is 16.7 Å². The number of para-hydroxylation sites is 2. The minimum atomic E-state index is -0.497. The number of rotatable bonds is 3. The molecule has 5 heteroatoms. The predicted octanol–water partition coefficient (Wildman–Crippen LogP) is 5.46. The van der Waals surface area contributed by atoms with Crippen LogP contribution in [0.3, 0.4) is 0 Å². The van der Waals surface area contributed by atoms with E-state index in [4.69, 9.17) is 0 Å². The van der Waals surface area contributed by atoms with Crippen molar-refractivity contribution < 1.29 is 9.18 Å². The number of hydrogen-bond donors (Lipinski definition) is 1. The molecule has 29 heavy (non-hydrogen) atoms. The molecule has 0 radical (unpaired) electrons. The fourth-order valence-corrected chi connectivity index (χ4v) is 3.97. The number of aromatic nitrogens is 2. The van der Waals surface area contributed by atoms with Crippen LogP contribution in [0.25, 0.3) is 16.7 Å². The fraction of sp³-hybridized carbons (Fsp3) is 0.0833. The Labute approximate surface area is 167 Å². The Morgan fingerprint density at radius 1 is 1.00 bits per heavy atom. The summed E-state index contributed by atoms with van der Waals surface area (Å²) >= 11 is 0. The van der Waals surface area contributed by atoms with Gasteiger partial charge >= 0.3 is 0 Å². The summed E-state index contributed by atoms with van der Waals surface area (Å²) in [7, 11) is 0. The van der Waals surface area contributed by atoms with E-state index >= 15 is 0 Å². The van der Waals surface area contributed by atoms with Gasteiger partial charge in [-0.05, 0) is 36.8 Å². The van der Waals surface area contributed by atoms with Crippen LogP contribution in [0.1, 0.15) is 28.9 Å². The second kappa shape index (κ2) is 6.71. The number of imidazole rings is 1. The summed E-state index contributed by atoms with van der Waals surface area (Å²) < 4.78 is 15.9. The number of nitrogens with one attached hydrogen (secondary N) is 1. The predicted molar refractivity (Wildman–Crippen MR) is 112 cm³/mol. The Morgan fingerprint density at radius 2 is 1.76 bits per heavy atom. The quantitative estimate of drug-likeness (QED) is 0.478. The van der Waals surface area contributed by atoms with Crippen molar-refractivity contribution in [1.29, 1.82) is 0 Å². The maximum absolute atomic E-state index is 14.0. The molecular weight excluding hydrogens is 365 g/mol. The van der Waals surface area contributed by atoms with Gasteiger partial charge in [0, 0.05) is 16.8 Å². The molecule has 0 bridgehead atoms. The lowest BCUT2D eigenvalue weighted by Gasteiger charge is -2.30. The van der Waals surface area contributed by atoms with Gasteiger partial charge in [-0.3, -0.25) is 9.36 Å². The second-order valence-corrected chi connectivity index (χ2v) is 7.09. The lowest BCUT2D eigenvalue weighted by molar-refractivity contribution is 0.102. The van der Waals surface area contributed by atoms with Crippen molar-refractivity contribution in [1.82, 2.24) is 9.55 Å². The van der Waals surface area contributed by atoms with E-state index in [9.17, 15) is 9.18 Å². The van der Waals surface area contributed by atoms with Gasteiger partial charge in [-0.25, -0.2) is 9.37 Å². The average molecular weight is 383 g/mol. The van der Waals surface area contributed by atoms with Crippen LogP contribution in [-0.4, -0.2) is 15.3 Å². The highest BCUT2D eigenvalue weighted by Crippen LogP contribution is 2.39. The topological polar surface area (TPSA) is 46.9 Å². The molecule has 0 saturated carbocycles. The van der Waals surface area contributed by atoms with Gasteiger partial charge in [0.2, 0.25) is 5.95 Å². The Kier molecular flexibility index (Phi) is 4.02. The number of allylic oxidation sites excluding steroid dienone is 1. The molecule has 1 N–H and O–H groups in total. The van der Waals surface area contributed by atoms with Crippen LogP contribution in [-0.2, 0) is 0 Å². The lowest BCUT2D eigenvalue weighted by Crippen LogP contribution is -2.27. The van der Waals surface area contributed by atoms with E-state index in [1.165, 1.54) is 12.1 Å². The first-order valence-electron chi connectivity index (χ1n) is 9.44. The van der Waals surface area contributed by atoms with Crippen LogP contribution in [0.5, 0.6) is 0 Å². The summed E-state index contributed by atoms with van der Waals surface area (Å²) in [6, 6.07) is 22.8. The summed E-state index contributed by atoms with van der Waals surface area (Å²) in [6.07, 6.45) is 0. The molecule has 5 rings (SSSR count). The fourth-order valence-electron chi connectivity index (χ4n) is 3.97. The lowest BCUT2D eigenvalue weighted by atomic mass is 9.89. The number of halogens is 1. The van der Waals surface area contributed by atoms with Crippen molar-refractivity contribution in [3.05, 3.63) is 101 Å². The zero-order chi connectivity index (χ0) is 20.0. The Hall–Kier alpha value is -3.73. The van der Waals surface area contributed by atoms with Crippen molar-refractivity contribution in [3.63, 3.8) is 0 Å². The molecule has 0 amide bonds. The van der Waals surface area contributed by atoms with E-state index in [-0.39, 0.29) is 11.6 Å². The first-order chi connectivity index (χ1) is 14.1. The third-order valence-corrected chi connectivity index (χ3v) is 5.31. The number of carbonyl (C=O) groups is 1. The number of hydrogen-bond acceptors (Lipinski definition) is 3. The van der Waals surface area contributed by atoms with Crippen LogP contribution >= 0.6 is 0 Å². The minimum absolute atomic E-state index is 0.0895. The van der Waals surface area contributed by atoms with E-state index in [0.29, 0.717) is 22.6 Å². The Morgan fingerprint density at radius 3 is 2.55 bits per heavy atom. The first kappa shape index (κ1) is 17.4. The largest absolute Gasteiger partial charge is 0.344 e. The van der Waals surface area contributed by atoms with Crippen molar-refractivity contribution >= 4 is 28.5 Å². The molecule has 0 spiro atoms. The van der Waals surface area contributed by atoms with Crippen LogP contribution < -0.4 is 5.32 Å².